The molecule has 1 fully saturated rings. The number of carbonyl (C=O) groups excluding carboxylic acids is 1. The lowest BCUT2D eigenvalue weighted by molar-refractivity contribution is 0.135. The fraction of sp³-hybridized carbons (Fsp3) is 0.632. The van der Waals surface area contributed by atoms with E-state index in [0.717, 1.165) is 43.9 Å². The quantitative estimate of drug-likeness (QED) is 0.785. The number of urea groups is 1. The molecule has 1 heterocycles. The van der Waals surface area contributed by atoms with Crippen molar-refractivity contribution in [3.63, 3.8) is 0 Å². The molecule has 0 aliphatic carbocycles. The van der Waals surface area contributed by atoms with E-state index in [4.69, 9.17) is 0 Å². The van der Waals surface area contributed by atoms with E-state index in [1.807, 2.05) is 17.0 Å². The van der Waals surface area contributed by atoms with Crippen LogP contribution in [0.1, 0.15) is 31.4 Å². The number of nitrogens with zero attached hydrogens (tertiary/aromatic N) is 2. The first-order valence-corrected chi connectivity index (χ1v) is 11.3. The molecule has 1 N–H and O–H groups in total. The highest BCUT2D eigenvalue weighted by molar-refractivity contribution is 7.89. The third kappa shape index (κ3) is 7.33. The van der Waals surface area contributed by atoms with Gasteiger partial charge >= 0.3 is 6.03 Å². The third-order valence-corrected chi connectivity index (χ3v) is 5.44. The maximum Gasteiger partial charge on any atom is 0.317 e. The van der Waals surface area contributed by atoms with Gasteiger partial charge in [0.1, 0.15) is 0 Å². The zero-order chi connectivity index (χ0) is 19.2. The Morgan fingerprint density at radius 1 is 1.08 bits per heavy atom. The molecule has 1 aromatic rings. The fourth-order valence-corrected chi connectivity index (χ4v) is 3.76. The predicted molar refractivity (Wildman–Crippen MR) is 105 cm³/mol. The number of rotatable bonds is 7. The molecule has 0 atom stereocenters. The number of benzene rings is 1. The highest BCUT2D eigenvalue weighted by atomic mass is 32.2. The Morgan fingerprint density at radius 3 is 2.19 bits per heavy atom. The van der Waals surface area contributed by atoms with Gasteiger partial charge in [-0.2, -0.15) is 0 Å². The van der Waals surface area contributed by atoms with Gasteiger partial charge in [0.2, 0.25) is 0 Å². The van der Waals surface area contributed by atoms with Gasteiger partial charge in [-0.3, -0.25) is 4.90 Å². The first-order chi connectivity index (χ1) is 12.2. The molecule has 1 aliphatic rings. The van der Waals surface area contributed by atoms with E-state index in [9.17, 15) is 13.2 Å². The van der Waals surface area contributed by atoms with Crippen molar-refractivity contribution in [1.82, 2.24) is 15.1 Å². The summed E-state index contributed by atoms with van der Waals surface area (Å²) < 4.78 is 22.6. The van der Waals surface area contributed by atoms with E-state index in [-0.39, 0.29) is 11.8 Å². The van der Waals surface area contributed by atoms with Crippen molar-refractivity contribution in [3.8, 4) is 0 Å². The van der Waals surface area contributed by atoms with Crippen LogP contribution in [0.25, 0.3) is 0 Å². The Hall–Kier alpha value is -1.60. The van der Waals surface area contributed by atoms with Crippen LogP contribution < -0.4 is 5.32 Å². The Morgan fingerprint density at radius 2 is 1.65 bits per heavy atom. The van der Waals surface area contributed by atoms with Crippen molar-refractivity contribution in [1.29, 1.82) is 0 Å². The summed E-state index contributed by atoms with van der Waals surface area (Å²) in [6.45, 7) is 9.41. The van der Waals surface area contributed by atoms with Gasteiger partial charge < -0.3 is 10.2 Å². The SMILES string of the molecule is CC(C)CCN1CCN(C(=O)NCc2ccc(CS(C)(=O)=O)cc2)CC1. The molecule has 26 heavy (non-hydrogen) atoms. The van der Waals surface area contributed by atoms with E-state index >= 15 is 0 Å². The normalized spacial score (nSPS) is 16.1. The van der Waals surface area contributed by atoms with Gasteiger partial charge in [0.05, 0.1) is 5.75 Å². The minimum absolute atomic E-state index is 0.0336. The molecule has 1 aliphatic heterocycles. The van der Waals surface area contributed by atoms with Crippen LogP contribution in [0.2, 0.25) is 0 Å². The molecule has 146 valence electrons. The van der Waals surface area contributed by atoms with Crippen molar-refractivity contribution in [2.75, 3.05) is 39.0 Å². The second-order valence-electron chi connectivity index (χ2n) is 7.56. The largest absolute Gasteiger partial charge is 0.334 e. The molecule has 2 rings (SSSR count). The summed E-state index contributed by atoms with van der Waals surface area (Å²) in [6.07, 6.45) is 2.42. The second kappa shape index (κ2) is 9.37. The van der Waals surface area contributed by atoms with Crippen LogP contribution in [0.15, 0.2) is 24.3 Å². The van der Waals surface area contributed by atoms with Crippen molar-refractivity contribution in [3.05, 3.63) is 35.4 Å². The molecule has 6 nitrogen and oxygen atoms in total. The molecule has 0 bridgehead atoms. The number of hydrogen-bond donors (Lipinski definition) is 1. The molecule has 0 aromatic heterocycles. The summed E-state index contributed by atoms with van der Waals surface area (Å²) in [7, 11) is -3.02. The summed E-state index contributed by atoms with van der Waals surface area (Å²) in [4.78, 5) is 16.6. The standard InChI is InChI=1S/C19H31N3O3S/c1-16(2)8-9-21-10-12-22(13-11-21)19(23)20-14-17-4-6-18(7-5-17)15-26(3,24)25/h4-7,16H,8-15H2,1-3H3,(H,20,23). The lowest BCUT2D eigenvalue weighted by Crippen LogP contribution is -2.51. The van der Waals surface area contributed by atoms with E-state index in [2.05, 4.69) is 24.1 Å². The van der Waals surface area contributed by atoms with Crippen LogP contribution in [0.4, 0.5) is 4.79 Å². The van der Waals surface area contributed by atoms with Crippen molar-refractivity contribution < 1.29 is 13.2 Å². The summed E-state index contributed by atoms with van der Waals surface area (Å²) in [5.41, 5.74) is 1.73. The van der Waals surface area contributed by atoms with Gasteiger partial charge in [0.15, 0.2) is 9.84 Å². The van der Waals surface area contributed by atoms with Gasteiger partial charge in [0, 0.05) is 39.0 Å². The van der Waals surface area contributed by atoms with Crippen molar-refractivity contribution in [2.45, 2.75) is 32.6 Å². The Bertz CT molecular complexity index is 678. The summed E-state index contributed by atoms with van der Waals surface area (Å²) in [6, 6.07) is 7.30. The van der Waals surface area contributed by atoms with Crippen LogP contribution in [0, 0.1) is 5.92 Å². The topological polar surface area (TPSA) is 69.7 Å². The van der Waals surface area contributed by atoms with Crippen LogP contribution >= 0.6 is 0 Å². The fourth-order valence-electron chi connectivity index (χ4n) is 2.96. The highest BCUT2D eigenvalue weighted by Gasteiger charge is 2.20. The summed E-state index contributed by atoms with van der Waals surface area (Å²) in [5, 5.41) is 2.95. The number of piperazine rings is 1. The first-order valence-electron chi connectivity index (χ1n) is 9.23. The lowest BCUT2D eigenvalue weighted by atomic mass is 10.1. The monoisotopic (exact) mass is 381 g/mol. The van der Waals surface area contributed by atoms with Gasteiger partial charge in [-0.1, -0.05) is 38.1 Å². The minimum atomic E-state index is -3.02. The van der Waals surface area contributed by atoms with E-state index < -0.39 is 9.84 Å². The van der Waals surface area contributed by atoms with Crippen molar-refractivity contribution in [2.24, 2.45) is 5.92 Å². The van der Waals surface area contributed by atoms with Gasteiger partial charge in [-0.25, -0.2) is 13.2 Å². The summed E-state index contributed by atoms with van der Waals surface area (Å²) in [5.74, 6) is 0.751. The number of carbonyl (C=O) groups is 1. The molecule has 7 heteroatoms. The van der Waals surface area contributed by atoms with Crippen LogP contribution in [-0.4, -0.2) is 63.2 Å². The van der Waals surface area contributed by atoms with Gasteiger partial charge in [-0.15, -0.1) is 0 Å². The number of amides is 2. The Labute approximate surface area is 157 Å². The number of hydrogen-bond acceptors (Lipinski definition) is 4. The molecule has 0 unspecified atom stereocenters. The average Bonchev–Trinajstić information content (AvgIpc) is 2.58. The predicted octanol–water partition coefficient (Wildman–Crippen LogP) is 2.10. The van der Waals surface area contributed by atoms with Gasteiger partial charge in [-0.05, 0) is 30.0 Å². The van der Waals surface area contributed by atoms with E-state index in [1.54, 1.807) is 12.1 Å². The molecule has 1 aromatic carbocycles. The molecule has 2 amide bonds. The zero-order valence-electron chi connectivity index (χ0n) is 16.1. The lowest BCUT2D eigenvalue weighted by Gasteiger charge is -2.35. The summed E-state index contributed by atoms with van der Waals surface area (Å²) >= 11 is 0. The molecule has 1 saturated heterocycles. The van der Waals surface area contributed by atoms with E-state index in [1.165, 1.54) is 12.7 Å². The molecular weight excluding hydrogens is 350 g/mol. The zero-order valence-corrected chi connectivity index (χ0v) is 16.9. The molecule has 0 radical (unpaired) electrons. The second-order valence-corrected chi connectivity index (χ2v) is 9.70. The Kier molecular flexibility index (Phi) is 7.46. The third-order valence-electron chi connectivity index (χ3n) is 4.58. The first kappa shape index (κ1) is 20.7. The number of nitrogens with one attached hydrogen (secondary N) is 1. The van der Waals surface area contributed by atoms with Crippen molar-refractivity contribution >= 4 is 15.9 Å². The maximum atomic E-state index is 12.3. The number of sulfone groups is 1. The van der Waals surface area contributed by atoms with E-state index in [0.29, 0.717) is 12.5 Å². The molecule has 0 saturated carbocycles. The van der Waals surface area contributed by atoms with Crippen LogP contribution in [0.3, 0.4) is 0 Å². The Balaban J connectivity index is 1.73. The highest BCUT2D eigenvalue weighted by Crippen LogP contribution is 2.09. The minimum Gasteiger partial charge on any atom is -0.334 e. The van der Waals surface area contributed by atoms with Crippen LogP contribution in [0.5, 0.6) is 0 Å². The molecule has 0 spiro atoms. The smallest absolute Gasteiger partial charge is 0.317 e. The average molecular weight is 382 g/mol. The van der Waals surface area contributed by atoms with Crippen LogP contribution in [-0.2, 0) is 22.1 Å². The molecular formula is C19H31N3O3S. The van der Waals surface area contributed by atoms with Gasteiger partial charge in [0.25, 0.3) is 0 Å². The maximum absolute atomic E-state index is 12.3.